The van der Waals surface area contributed by atoms with Crippen LogP contribution in [0.2, 0.25) is 0 Å². The van der Waals surface area contributed by atoms with Crippen molar-refractivity contribution in [2.75, 3.05) is 0 Å². The Balaban J connectivity index is 0.0000000940. The first-order chi connectivity index (χ1) is 41.1. The summed E-state index contributed by atoms with van der Waals surface area (Å²) in [6, 6.07) is 88.9. The molecule has 0 bridgehead atoms. The van der Waals surface area contributed by atoms with Gasteiger partial charge in [0.2, 0.25) is 0 Å². The molecule has 0 radical (unpaired) electrons. The molecule has 0 spiro atoms. The summed E-state index contributed by atoms with van der Waals surface area (Å²) in [6.45, 7) is 12.7. The van der Waals surface area contributed by atoms with Crippen LogP contribution in [0.4, 0.5) is 0 Å². The van der Waals surface area contributed by atoms with Crippen LogP contribution in [0.25, 0.3) is 126 Å². The van der Waals surface area contributed by atoms with Gasteiger partial charge < -0.3 is 13.3 Å². The molecule has 0 atom stereocenters. The van der Waals surface area contributed by atoms with Gasteiger partial charge >= 0.3 is 0 Å². The zero-order valence-electron chi connectivity index (χ0n) is 47.7. The Morgan fingerprint density at radius 1 is 0.214 bits per heavy atom. The topological polar surface area (TPSA) is 39.4 Å². The summed E-state index contributed by atoms with van der Waals surface area (Å²) >= 11 is 5.63. The first-order valence-electron chi connectivity index (χ1n) is 28.4. The molecule has 84 heavy (non-hydrogen) atoms. The second-order valence-corrected chi connectivity index (χ2v) is 24.7. The Kier molecular flexibility index (Phi) is 15.1. The third-order valence-electron chi connectivity index (χ3n) is 15.3. The van der Waals surface area contributed by atoms with E-state index in [1.54, 1.807) is 0 Å². The summed E-state index contributed by atoms with van der Waals surface area (Å²) in [4.78, 5) is 0. The number of fused-ring (bicyclic) bond motifs is 18. The molecule has 18 rings (SSSR count). The maximum Gasteiger partial charge on any atom is 0.138 e. The zero-order chi connectivity index (χ0) is 57.3. The average molecular weight is 1140 g/mol. The second kappa shape index (κ2) is 23.5. The third kappa shape index (κ3) is 11.0. The Hall–Kier alpha value is -9.30. The van der Waals surface area contributed by atoms with Crippen molar-refractivity contribution in [3.63, 3.8) is 0 Å². The van der Waals surface area contributed by atoms with Crippen LogP contribution < -0.4 is 0 Å². The molecule has 0 saturated heterocycles. The lowest BCUT2D eigenvalue weighted by molar-refractivity contribution is 0.665. The van der Waals surface area contributed by atoms with Crippen LogP contribution in [0.1, 0.15) is 33.4 Å². The van der Waals surface area contributed by atoms with E-state index in [0.29, 0.717) is 0 Å². The van der Waals surface area contributed by atoms with Crippen LogP contribution in [0.3, 0.4) is 0 Å². The van der Waals surface area contributed by atoms with Gasteiger partial charge in [0.15, 0.2) is 0 Å². The Bertz CT molecular complexity index is 5000. The van der Waals surface area contributed by atoms with Gasteiger partial charge in [0, 0.05) is 92.8 Å². The van der Waals surface area contributed by atoms with Gasteiger partial charge in [-0.3, -0.25) is 0 Å². The summed E-state index contributed by atoms with van der Waals surface area (Å²) in [6.07, 6.45) is 0. The van der Waals surface area contributed by atoms with Crippen molar-refractivity contribution in [3.8, 4) is 0 Å². The predicted molar refractivity (Wildman–Crippen MR) is 368 cm³/mol. The number of hydrogen-bond donors (Lipinski definition) is 0. The van der Waals surface area contributed by atoms with E-state index in [1.165, 1.54) is 126 Å². The number of para-hydroxylation sites is 4. The molecule has 0 amide bonds. The van der Waals surface area contributed by atoms with E-state index in [2.05, 4.69) is 236 Å². The van der Waals surface area contributed by atoms with Crippen molar-refractivity contribution in [2.45, 2.75) is 41.5 Å². The van der Waals surface area contributed by atoms with Gasteiger partial charge in [-0.1, -0.05) is 193 Å². The third-order valence-corrected chi connectivity index (χ3v) is 18.9. The van der Waals surface area contributed by atoms with Crippen molar-refractivity contribution in [3.05, 3.63) is 288 Å². The normalized spacial score (nSPS) is 11.2. The molecule has 3 nitrogen and oxygen atoms in total. The molecule has 6 heterocycles. The van der Waals surface area contributed by atoms with E-state index in [4.69, 9.17) is 13.3 Å². The average Bonchev–Trinajstić information content (AvgIpc) is 4.56. The molecule has 0 unspecified atom stereocenters. The number of rotatable bonds is 0. The van der Waals surface area contributed by atoms with E-state index in [9.17, 15) is 0 Å². The number of aryl methyl sites for hydroxylation is 6. The molecular formula is C78H60O3S3. The van der Waals surface area contributed by atoms with Gasteiger partial charge in [0.05, 0.1) is 0 Å². The minimum absolute atomic E-state index is 0.966. The van der Waals surface area contributed by atoms with Gasteiger partial charge in [-0.15, -0.1) is 34.0 Å². The monoisotopic (exact) mass is 1140 g/mol. The van der Waals surface area contributed by atoms with Crippen molar-refractivity contribution in [1.82, 2.24) is 0 Å². The molecule has 0 aliphatic rings. The van der Waals surface area contributed by atoms with Crippen molar-refractivity contribution in [2.24, 2.45) is 0 Å². The van der Waals surface area contributed by atoms with Crippen LogP contribution in [-0.2, 0) is 0 Å². The van der Waals surface area contributed by atoms with Gasteiger partial charge in [-0.25, -0.2) is 0 Å². The predicted octanol–water partition coefficient (Wildman–Crippen LogP) is 24.8. The highest BCUT2D eigenvalue weighted by Gasteiger charge is 2.10. The second-order valence-electron chi connectivity index (χ2n) is 21.5. The number of benzene rings is 12. The largest absolute Gasteiger partial charge is 0.456 e. The Morgan fingerprint density at radius 2 is 0.595 bits per heavy atom. The fourth-order valence-electron chi connectivity index (χ4n) is 11.1. The highest BCUT2D eigenvalue weighted by Crippen LogP contribution is 2.38. The van der Waals surface area contributed by atoms with Crippen molar-refractivity contribution >= 4 is 160 Å². The molecule has 12 aromatic carbocycles. The lowest BCUT2D eigenvalue weighted by atomic mass is 10.1. The van der Waals surface area contributed by atoms with E-state index < -0.39 is 0 Å². The van der Waals surface area contributed by atoms with Crippen molar-refractivity contribution < 1.29 is 13.3 Å². The molecule has 0 saturated carbocycles. The summed E-state index contributed by atoms with van der Waals surface area (Å²) < 4.78 is 25.6. The maximum absolute atomic E-state index is 5.78. The summed E-state index contributed by atoms with van der Waals surface area (Å²) in [5.41, 5.74) is 13.6. The fraction of sp³-hybridized carbons (Fsp3) is 0.0769. The van der Waals surface area contributed by atoms with Crippen molar-refractivity contribution in [1.29, 1.82) is 0 Å². The summed E-state index contributed by atoms with van der Waals surface area (Å²) in [7, 11) is 0. The van der Waals surface area contributed by atoms with Crippen LogP contribution in [0.5, 0.6) is 0 Å². The lowest BCUT2D eigenvalue weighted by Gasteiger charge is -1.93. The van der Waals surface area contributed by atoms with Crippen LogP contribution >= 0.6 is 34.0 Å². The summed E-state index contributed by atoms with van der Waals surface area (Å²) in [5, 5.41) is 15.5. The van der Waals surface area contributed by atoms with Crippen LogP contribution in [0, 0.1) is 41.5 Å². The quantitative estimate of drug-likeness (QED) is 0.152. The molecule has 0 fully saturated rings. The van der Waals surface area contributed by atoms with E-state index in [0.717, 1.165) is 33.5 Å². The van der Waals surface area contributed by atoms with Gasteiger partial charge in [-0.05, 0) is 137 Å². The number of furan rings is 3. The smallest absolute Gasteiger partial charge is 0.138 e. The standard InChI is InChI=1S/3C13H10O.3C13H10S/c1-9-5-4-7-11-10-6-2-3-8-12(10)14-13(9)11;1-9-6-7-13-11(8-9)10-4-2-3-5-12(10)14-13;1-9-6-7-11-10-4-2-3-5-12(10)14-13(11)8-9;1-9-5-4-7-11-10-6-2-3-8-12(10)14-13(9)11;1-9-6-7-13-11(8-9)10-4-2-3-5-12(10)14-13;1-9-6-7-11-10-4-2-3-5-12(10)14-13(11)8-9/h6*2-8H,1H3. The van der Waals surface area contributed by atoms with Crippen LogP contribution in [-0.4, -0.2) is 0 Å². The first kappa shape index (κ1) is 54.0. The highest BCUT2D eigenvalue weighted by atomic mass is 32.1. The minimum atomic E-state index is 0.966. The Labute approximate surface area is 499 Å². The number of hydrogen-bond acceptors (Lipinski definition) is 6. The van der Waals surface area contributed by atoms with Gasteiger partial charge in [-0.2, -0.15) is 0 Å². The zero-order valence-corrected chi connectivity index (χ0v) is 50.1. The molecule has 0 aliphatic carbocycles. The molecule has 6 heteroatoms. The van der Waals surface area contributed by atoms with Gasteiger partial charge in [0.25, 0.3) is 0 Å². The van der Waals surface area contributed by atoms with E-state index >= 15 is 0 Å². The van der Waals surface area contributed by atoms with E-state index in [-0.39, 0.29) is 0 Å². The first-order valence-corrected chi connectivity index (χ1v) is 30.8. The maximum atomic E-state index is 5.78. The number of thiophene rings is 3. The van der Waals surface area contributed by atoms with Gasteiger partial charge in [0.1, 0.15) is 33.5 Å². The molecule has 408 valence electrons. The fourth-order valence-corrected chi connectivity index (χ4v) is 14.6. The highest BCUT2D eigenvalue weighted by molar-refractivity contribution is 7.26. The molecule has 6 aromatic heterocycles. The van der Waals surface area contributed by atoms with Crippen LogP contribution in [0.15, 0.2) is 268 Å². The molecular weight excluding hydrogens is 1080 g/mol. The lowest BCUT2D eigenvalue weighted by Crippen LogP contribution is -1.70. The SMILES string of the molecule is Cc1ccc2c(c1)oc1ccccc12.Cc1ccc2c(c1)sc1ccccc12.Cc1ccc2oc3ccccc3c2c1.Cc1ccc2sc3ccccc3c2c1.Cc1cccc2c1oc1ccccc12.Cc1cccc2c1sc1ccccc12. The Morgan fingerprint density at radius 3 is 1.26 bits per heavy atom. The minimum Gasteiger partial charge on any atom is -0.456 e. The molecule has 0 aliphatic heterocycles. The molecule has 0 N–H and O–H groups in total. The summed E-state index contributed by atoms with van der Waals surface area (Å²) in [5.74, 6) is 0. The van der Waals surface area contributed by atoms with E-state index in [1.807, 2.05) is 94.7 Å². The molecule has 18 aromatic rings.